The first-order chi connectivity index (χ1) is 9.22. The minimum atomic E-state index is -0.111. The van der Waals surface area contributed by atoms with Gasteiger partial charge in [0.05, 0.1) is 0 Å². The van der Waals surface area contributed by atoms with Gasteiger partial charge in [-0.05, 0) is 56.3 Å². The Kier molecular flexibility index (Phi) is 3.85. The highest BCUT2D eigenvalue weighted by Crippen LogP contribution is 2.36. The summed E-state index contributed by atoms with van der Waals surface area (Å²) in [5, 5.41) is 3.61. The first kappa shape index (κ1) is 13.1. The van der Waals surface area contributed by atoms with Crippen LogP contribution in [0, 0.1) is 5.82 Å². The van der Waals surface area contributed by atoms with Gasteiger partial charge in [0.15, 0.2) is 0 Å². The predicted molar refractivity (Wildman–Crippen MR) is 75.8 cm³/mol. The van der Waals surface area contributed by atoms with Crippen LogP contribution in [-0.4, -0.2) is 37.1 Å². The Morgan fingerprint density at radius 3 is 2.79 bits per heavy atom. The molecule has 0 radical (unpaired) electrons. The highest BCUT2D eigenvalue weighted by molar-refractivity contribution is 5.23. The van der Waals surface area contributed by atoms with Gasteiger partial charge in [-0.1, -0.05) is 12.1 Å². The molecule has 0 spiro atoms. The molecule has 3 rings (SSSR count). The van der Waals surface area contributed by atoms with Gasteiger partial charge < -0.3 is 10.2 Å². The van der Waals surface area contributed by atoms with E-state index in [9.17, 15) is 4.39 Å². The number of nitrogens with zero attached hydrogens (tertiary/aromatic N) is 1. The smallest absolute Gasteiger partial charge is 0.123 e. The largest absolute Gasteiger partial charge is 0.313 e. The first-order valence-corrected chi connectivity index (χ1v) is 7.41. The topological polar surface area (TPSA) is 15.3 Å². The average molecular weight is 262 g/mol. The second-order valence-corrected chi connectivity index (χ2v) is 6.09. The normalized spacial score (nSPS) is 26.5. The van der Waals surface area contributed by atoms with Gasteiger partial charge in [0.1, 0.15) is 5.82 Å². The number of benzene rings is 1. The van der Waals surface area contributed by atoms with Gasteiger partial charge in [-0.3, -0.25) is 0 Å². The standard InChI is InChI=1S/C16H23FN2/c1-19(16-5-6-16)8-7-18-15-10-13(11-15)12-3-2-4-14(17)9-12/h2-4,9,13,15-16,18H,5-8,10-11H2,1H3. The molecular weight excluding hydrogens is 239 g/mol. The number of hydrogen-bond acceptors (Lipinski definition) is 2. The number of halogens is 1. The van der Waals surface area contributed by atoms with Crippen molar-refractivity contribution in [3.05, 3.63) is 35.6 Å². The van der Waals surface area contributed by atoms with Crippen LogP contribution in [0.3, 0.4) is 0 Å². The zero-order chi connectivity index (χ0) is 13.2. The number of hydrogen-bond donors (Lipinski definition) is 1. The zero-order valence-corrected chi connectivity index (χ0v) is 11.6. The monoisotopic (exact) mass is 262 g/mol. The van der Waals surface area contributed by atoms with Crippen LogP contribution in [0.2, 0.25) is 0 Å². The fraction of sp³-hybridized carbons (Fsp3) is 0.625. The van der Waals surface area contributed by atoms with Crippen LogP contribution in [0.1, 0.15) is 37.2 Å². The Labute approximate surface area is 115 Å². The van der Waals surface area contributed by atoms with Crippen LogP contribution in [0.5, 0.6) is 0 Å². The molecule has 0 aromatic heterocycles. The molecule has 2 nitrogen and oxygen atoms in total. The molecule has 19 heavy (non-hydrogen) atoms. The molecule has 2 aliphatic carbocycles. The Bertz CT molecular complexity index is 425. The van der Waals surface area contributed by atoms with E-state index in [2.05, 4.69) is 17.3 Å². The van der Waals surface area contributed by atoms with Crippen LogP contribution < -0.4 is 5.32 Å². The van der Waals surface area contributed by atoms with Crippen LogP contribution in [0.25, 0.3) is 0 Å². The lowest BCUT2D eigenvalue weighted by Crippen LogP contribution is -2.43. The summed E-state index contributed by atoms with van der Waals surface area (Å²) in [5.41, 5.74) is 1.16. The molecular formula is C16H23FN2. The van der Waals surface area contributed by atoms with Crippen molar-refractivity contribution >= 4 is 0 Å². The molecule has 2 saturated carbocycles. The molecule has 2 fully saturated rings. The summed E-state index contributed by atoms with van der Waals surface area (Å²) in [6.45, 7) is 2.22. The molecule has 0 aliphatic heterocycles. The number of rotatable bonds is 6. The fourth-order valence-electron chi connectivity index (χ4n) is 2.96. The maximum atomic E-state index is 13.1. The van der Waals surface area contributed by atoms with Crippen molar-refractivity contribution in [3.8, 4) is 0 Å². The summed E-state index contributed by atoms with van der Waals surface area (Å²) in [4.78, 5) is 2.45. The summed E-state index contributed by atoms with van der Waals surface area (Å²) in [6.07, 6.45) is 5.05. The van der Waals surface area contributed by atoms with E-state index >= 15 is 0 Å². The van der Waals surface area contributed by atoms with Crippen molar-refractivity contribution in [2.45, 2.75) is 43.7 Å². The van der Waals surface area contributed by atoms with Crippen molar-refractivity contribution in [3.63, 3.8) is 0 Å². The van der Waals surface area contributed by atoms with E-state index < -0.39 is 0 Å². The summed E-state index contributed by atoms with van der Waals surface area (Å²) < 4.78 is 13.1. The van der Waals surface area contributed by atoms with Crippen LogP contribution >= 0.6 is 0 Å². The highest BCUT2D eigenvalue weighted by Gasteiger charge is 2.30. The average Bonchev–Trinajstić information content (AvgIpc) is 3.15. The minimum Gasteiger partial charge on any atom is -0.313 e. The Morgan fingerprint density at radius 2 is 2.11 bits per heavy atom. The van der Waals surface area contributed by atoms with Crippen LogP contribution in [0.15, 0.2) is 24.3 Å². The lowest BCUT2D eigenvalue weighted by molar-refractivity contribution is 0.262. The van der Waals surface area contributed by atoms with Crippen molar-refractivity contribution in [1.29, 1.82) is 0 Å². The van der Waals surface area contributed by atoms with Gasteiger partial charge in [-0.2, -0.15) is 0 Å². The molecule has 0 saturated heterocycles. The van der Waals surface area contributed by atoms with Gasteiger partial charge in [-0.15, -0.1) is 0 Å². The van der Waals surface area contributed by atoms with E-state index in [1.807, 2.05) is 12.1 Å². The summed E-state index contributed by atoms with van der Waals surface area (Å²) in [5.74, 6) is 0.439. The van der Waals surface area contributed by atoms with E-state index in [0.717, 1.165) is 37.5 Å². The van der Waals surface area contributed by atoms with Crippen molar-refractivity contribution in [2.24, 2.45) is 0 Å². The minimum absolute atomic E-state index is 0.111. The maximum Gasteiger partial charge on any atom is 0.123 e. The van der Waals surface area contributed by atoms with E-state index in [-0.39, 0.29) is 5.82 Å². The maximum absolute atomic E-state index is 13.1. The van der Waals surface area contributed by atoms with Gasteiger partial charge in [0.2, 0.25) is 0 Å². The molecule has 104 valence electrons. The third-order valence-corrected chi connectivity index (χ3v) is 4.53. The van der Waals surface area contributed by atoms with Crippen molar-refractivity contribution in [2.75, 3.05) is 20.1 Å². The van der Waals surface area contributed by atoms with Crippen molar-refractivity contribution < 1.29 is 4.39 Å². The molecule has 0 unspecified atom stereocenters. The second kappa shape index (κ2) is 5.59. The molecule has 0 atom stereocenters. The van der Waals surface area contributed by atoms with Gasteiger partial charge in [-0.25, -0.2) is 4.39 Å². The molecule has 0 bridgehead atoms. The molecule has 1 aromatic rings. The quantitative estimate of drug-likeness (QED) is 0.848. The number of nitrogens with one attached hydrogen (secondary N) is 1. The van der Waals surface area contributed by atoms with E-state index in [1.54, 1.807) is 6.07 Å². The van der Waals surface area contributed by atoms with Gasteiger partial charge in [0, 0.05) is 25.2 Å². The highest BCUT2D eigenvalue weighted by atomic mass is 19.1. The third kappa shape index (κ3) is 3.34. The lowest BCUT2D eigenvalue weighted by Gasteiger charge is -2.36. The summed E-state index contributed by atoms with van der Waals surface area (Å²) >= 11 is 0. The molecule has 0 amide bonds. The SMILES string of the molecule is CN(CCNC1CC(c2cccc(F)c2)C1)C1CC1. The van der Waals surface area contributed by atoms with Crippen LogP contribution in [0.4, 0.5) is 4.39 Å². The zero-order valence-electron chi connectivity index (χ0n) is 11.6. The first-order valence-electron chi connectivity index (χ1n) is 7.41. The summed E-state index contributed by atoms with van der Waals surface area (Å²) in [7, 11) is 2.22. The number of likely N-dealkylation sites (N-methyl/N-ethyl adjacent to an activating group) is 1. The Hall–Kier alpha value is -0.930. The molecule has 1 N–H and O–H groups in total. The lowest BCUT2D eigenvalue weighted by atomic mass is 9.76. The molecule has 3 heteroatoms. The molecule has 2 aliphatic rings. The summed E-state index contributed by atoms with van der Waals surface area (Å²) in [6, 6.07) is 8.54. The molecule has 0 heterocycles. The van der Waals surface area contributed by atoms with E-state index in [4.69, 9.17) is 0 Å². The second-order valence-electron chi connectivity index (χ2n) is 6.09. The molecule has 1 aromatic carbocycles. The predicted octanol–water partition coefficient (Wildman–Crippen LogP) is 2.76. The van der Waals surface area contributed by atoms with E-state index in [1.165, 1.54) is 18.9 Å². The third-order valence-electron chi connectivity index (χ3n) is 4.53. The van der Waals surface area contributed by atoms with Gasteiger partial charge >= 0.3 is 0 Å². The Balaban J connectivity index is 1.36. The van der Waals surface area contributed by atoms with Crippen molar-refractivity contribution in [1.82, 2.24) is 10.2 Å². The van der Waals surface area contributed by atoms with E-state index in [0.29, 0.717) is 12.0 Å². The van der Waals surface area contributed by atoms with Gasteiger partial charge in [0.25, 0.3) is 0 Å². The van der Waals surface area contributed by atoms with Crippen LogP contribution in [-0.2, 0) is 0 Å². The fourth-order valence-corrected chi connectivity index (χ4v) is 2.96. The Morgan fingerprint density at radius 1 is 1.32 bits per heavy atom.